The Morgan fingerprint density at radius 1 is 1.24 bits per heavy atom. The Morgan fingerprint density at radius 2 is 2.00 bits per heavy atom. The van der Waals surface area contributed by atoms with Gasteiger partial charge in [-0.15, -0.1) is 28.8 Å². The predicted octanol–water partition coefficient (Wildman–Crippen LogP) is 2.09. The van der Waals surface area contributed by atoms with Gasteiger partial charge < -0.3 is 11.5 Å². The van der Waals surface area contributed by atoms with Gasteiger partial charge in [0.2, 0.25) is 5.96 Å². The highest BCUT2D eigenvalue weighted by Gasteiger charge is 2.12. The predicted molar refractivity (Wildman–Crippen MR) is 89.2 cm³/mol. The number of aromatic nitrogens is 2. The second-order valence-corrected chi connectivity index (χ2v) is 4.91. The molecule has 0 atom stereocenters. The summed E-state index contributed by atoms with van der Waals surface area (Å²) in [5.41, 5.74) is 13.3. The van der Waals surface area contributed by atoms with Crippen LogP contribution in [0, 0.1) is 0 Å². The van der Waals surface area contributed by atoms with Crippen LogP contribution in [0.4, 0.5) is 0 Å². The van der Waals surface area contributed by atoms with E-state index in [9.17, 15) is 0 Å². The highest BCUT2D eigenvalue weighted by molar-refractivity contribution is 7.15. The van der Waals surface area contributed by atoms with E-state index in [1.807, 2.05) is 46.3 Å². The number of halogens is 1. The molecule has 6 nitrogen and oxygen atoms in total. The molecule has 0 aliphatic rings. The number of fused-ring (bicyclic) bond motifs is 1. The van der Waals surface area contributed by atoms with Gasteiger partial charge in [-0.25, -0.2) is 4.98 Å². The van der Waals surface area contributed by atoms with Crippen LogP contribution in [0.2, 0.25) is 0 Å². The zero-order valence-electron chi connectivity index (χ0n) is 10.9. The molecule has 0 bridgehead atoms. The second kappa shape index (κ2) is 6.38. The van der Waals surface area contributed by atoms with Crippen LogP contribution in [0.25, 0.3) is 16.2 Å². The quantitative estimate of drug-likeness (QED) is 0.439. The lowest BCUT2D eigenvalue weighted by Crippen LogP contribution is -2.21. The van der Waals surface area contributed by atoms with E-state index in [2.05, 4.69) is 15.2 Å². The molecule has 1 aromatic carbocycles. The maximum Gasteiger partial charge on any atom is 0.211 e. The standard InChI is InChI=1S/C13H12N6S.ClH/c14-12(15)18-16-8-10-11(9-4-2-1-3-5-9)17-13-19(10)6-7-20-13;/h1-8H,(H4,14,15,18);1H/b16-8+;. The molecule has 0 spiro atoms. The molecule has 0 aliphatic carbocycles. The molecule has 8 heteroatoms. The van der Waals surface area contributed by atoms with Gasteiger partial charge in [0.15, 0.2) is 4.96 Å². The van der Waals surface area contributed by atoms with Gasteiger partial charge in [0.25, 0.3) is 0 Å². The van der Waals surface area contributed by atoms with Crippen molar-refractivity contribution in [1.82, 2.24) is 9.38 Å². The van der Waals surface area contributed by atoms with Gasteiger partial charge in [-0.3, -0.25) is 4.40 Å². The number of nitrogens with two attached hydrogens (primary N) is 2. The van der Waals surface area contributed by atoms with Crippen molar-refractivity contribution in [2.75, 3.05) is 0 Å². The lowest BCUT2D eigenvalue weighted by molar-refractivity contribution is 1.18. The number of nitrogens with zero attached hydrogens (tertiary/aromatic N) is 4. The summed E-state index contributed by atoms with van der Waals surface area (Å²) in [4.78, 5) is 5.52. The van der Waals surface area contributed by atoms with Gasteiger partial charge in [0.05, 0.1) is 17.6 Å². The molecule has 0 radical (unpaired) electrons. The molecule has 0 unspecified atom stereocenters. The Morgan fingerprint density at radius 3 is 2.71 bits per heavy atom. The van der Waals surface area contributed by atoms with Crippen molar-refractivity contribution in [2.24, 2.45) is 21.7 Å². The number of rotatable bonds is 3. The minimum atomic E-state index is -0.0754. The summed E-state index contributed by atoms with van der Waals surface area (Å²) in [6.45, 7) is 0. The fourth-order valence-electron chi connectivity index (χ4n) is 1.89. The number of benzene rings is 1. The van der Waals surface area contributed by atoms with Crippen LogP contribution in [0.3, 0.4) is 0 Å². The Bertz CT molecular complexity index is 785. The minimum absolute atomic E-state index is 0. The second-order valence-electron chi connectivity index (χ2n) is 4.04. The molecule has 3 rings (SSSR count). The van der Waals surface area contributed by atoms with Crippen LogP contribution < -0.4 is 11.5 Å². The molecule has 0 amide bonds. The van der Waals surface area contributed by atoms with E-state index in [4.69, 9.17) is 11.5 Å². The van der Waals surface area contributed by atoms with Crippen LogP contribution in [-0.2, 0) is 0 Å². The minimum Gasteiger partial charge on any atom is -0.369 e. The van der Waals surface area contributed by atoms with Crippen molar-refractivity contribution in [3.63, 3.8) is 0 Å². The first kappa shape index (κ1) is 15.0. The Balaban J connectivity index is 0.00000161. The van der Waals surface area contributed by atoms with E-state index in [-0.39, 0.29) is 18.4 Å². The summed E-state index contributed by atoms with van der Waals surface area (Å²) in [6, 6.07) is 9.92. The van der Waals surface area contributed by atoms with E-state index in [0.29, 0.717) is 0 Å². The van der Waals surface area contributed by atoms with Gasteiger partial charge >= 0.3 is 0 Å². The average molecular weight is 321 g/mol. The highest BCUT2D eigenvalue weighted by Crippen LogP contribution is 2.25. The molecule has 0 saturated carbocycles. The van der Waals surface area contributed by atoms with Gasteiger partial charge in [-0.05, 0) is 0 Å². The van der Waals surface area contributed by atoms with Gasteiger partial charge in [0, 0.05) is 17.1 Å². The maximum atomic E-state index is 5.27. The van der Waals surface area contributed by atoms with E-state index in [1.54, 1.807) is 17.6 Å². The normalized spacial score (nSPS) is 10.7. The third kappa shape index (κ3) is 3.04. The van der Waals surface area contributed by atoms with Crippen molar-refractivity contribution < 1.29 is 0 Å². The Kier molecular flexibility index (Phi) is 4.56. The molecular formula is C13H13ClN6S. The first-order chi connectivity index (χ1) is 9.75. The Hall–Kier alpha value is -2.38. The smallest absolute Gasteiger partial charge is 0.211 e. The maximum absolute atomic E-state index is 5.27. The topological polar surface area (TPSA) is 94.1 Å². The summed E-state index contributed by atoms with van der Waals surface area (Å²) in [5, 5.41) is 9.48. The zero-order chi connectivity index (χ0) is 13.9. The fraction of sp³-hybridized carbons (Fsp3) is 0. The van der Waals surface area contributed by atoms with Crippen molar-refractivity contribution in [3.8, 4) is 11.3 Å². The van der Waals surface area contributed by atoms with Gasteiger partial charge in [-0.2, -0.15) is 5.10 Å². The zero-order valence-corrected chi connectivity index (χ0v) is 12.5. The molecular weight excluding hydrogens is 308 g/mol. The third-order valence-electron chi connectivity index (χ3n) is 2.70. The molecule has 4 N–H and O–H groups in total. The molecule has 2 heterocycles. The van der Waals surface area contributed by atoms with E-state index in [0.717, 1.165) is 21.9 Å². The van der Waals surface area contributed by atoms with E-state index >= 15 is 0 Å². The lowest BCUT2D eigenvalue weighted by atomic mass is 10.1. The largest absolute Gasteiger partial charge is 0.369 e. The summed E-state index contributed by atoms with van der Waals surface area (Å²) in [7, 11) is 0. The van der Waals surface area contributed by atoms with Crippen molar-refractivity contribution >= 4 is 40.9 Å². The summed E-state index contributed by atoms with van der Waals surface area (Å²) in [5.74, 6) is -0.0754. The molecule has 2 aromatic heterocycles. The Labute approximate surface area is 131 Å². The van der Waals surface area contributed by atoms with Crippen LogP contribution in [0.15, 0.2) is 52.1 Å². The highest BCUT2D eigenvalue weighted by atomic mass is 35.5. The van der Waals surface area contributed by atoms with Gasteiger partial charge in [0.1, 0.15) is 0 Å². The van der Waals surface area contributed by atoms with Crippen LogP contribution in [0.5, 0.6) is 0 Å². The molecule has 0 aliphatic heterocycles. The van der Waals surface area contributed by atoms with Crippen molar-refractivity contribution in [3.05, 3.63) is 47.6 Å². The molecule has 0 fully saturated rings. The van der Waals surface area contributed by atoms with Crippen molar-refractivity contribution in [1.29, 1.82) is 0 Å². The number of hydrogen-bond acceptors (Lipinski definition) is 4. The third-order valence-corrected chi connectivity index (χ3v) is 3.46. The van der Waals surface area contributed by atoms with Crippen LogP contribution in [0.1, 0.15) is 5.69 Å². The SMILES string of the molecule is Cl.NC(N)=N/N=C/c1c(-c2ccccc2)nc2sccn12. The molecule has 21 heavy (non-hydrogen) atoms. The van der Waals surface area contributed by atoms with Crippen LogP contribution >= 0.6 is 23.7 Å². The monoisotopic (exact) mass is 320 g/mol. The summed E-state index contributed by atoms with van der Waals surface area (Å²) >= 11 is 1.56. The molecule has 3 aromatic rings. The number of imidazole rings is 1. The van der Waals surface area contributed by atoms with E-state index in [1.165, 1.54) is 0 Å². The molecule has 108 valence electrons. The number of thiazole rings is 1. The van der Waals surface area contributed by atoms with Gasteiger partial charge in [-0.1, -0.05) is 30.3 Å². The fourth-order valence-corrected chi connectivity index (χ4v) is 2.61. The summed E-state index contributed by atoms with van der Waals surface area (Å²) in [6.07, 6.45) is 3.55. The molecule has 0 saturated heterocycles. The average Bonchev–Trinajstić information content (AvgIpc) is 3.01. The lowest BCUT2D eigenvalue weighted by Gasteiger charge is -1.98. The van der Waals surface area contributed by atoms with Crippen molar-refractivity contribution in [2.45, 2.75) is 0 Å². The van der Waals surface area contributed by atoms with Crippen LogP contribution in [-0.4, -0.2) is 21.6 Å². The summed E-state index contributed by atoms with van der Waals surface area (Å²) < 4.78 is 1.96. The van der Waals surface area contributed by atoms with E-state index < -0.39 is 0 Å². The first-order valence-corrected chi connectivity index (χ1v) is 6.76. The number of guanidine groups is 1. The first-order valence-electron chi connectivity index (χ1n) is 5.88. The number of hydrogen-bond donors (Lipinski definition) is 2.